The number of benzene rings is 2. The van der Waals surface area contributed by atoms with Crippen LogP contribution in [0.4, 0.5) is 5.13 Å². The maximum absolute atomic E-state index is 13.1. The van der Waals surface area contributed by atoms with Gasteiger partial charge in [0.25, 0.3) is 5.91 Å². The van der Waals surface area contributed by atoms with Crippen molar-refractivity contribution in [3.05, 3.63) is 64.4 Å². The molecular weight excluding hydrogens is 448 g/mol. The first-order valence-electron chi connectivity index (χ1n) is 10.4. The van der Waals surface area contributed by atoms with E-state index in [1.54, 1.807) is 32.4 Å². The molecule has 1 aromatic heterocycles. The average Bonchev–Trinajstić information content (AvgIpc) is 3.14. The maximum atomic E-state index is 13.1. The van der Waals surface area contributed by atoms with Crippen LogP contribution in [0.25, 0.3) is 0 Å². The number of anilines is 1. The van der Waals surface area contributed by atoms with Gasteiger partial charge in [0.15, 0.2) is 0 Å². The number of amides is 1. The number of methoxy groups -OCH3 is 2. The zero-order valence-electron chi connectivity index (χ0n) is 18.1. The van der Waals surface area contributed by atoms with Crippen molar-refractivity contribution >= 4 is 34.2 Å². The van der Waals surface area contributed by atoms with Gasteiger partial charge in [-0.2, -0.15) is 4.37 Å². The van der Waals surface area contributed by atoms with Crippen LogP contribution >= 0.6 is 23.1 Å². The maximum Gasteiger partial charge on any atom is 0.254 e. The second-order valence-electron chi connectivity index (χ2n) is 7.53. The Bertz CT molecular complexity index is 1050. The van der Waals surface area contributed by atoms with Crippen molar-refractivity contribution in [3.63, 3.8) is 0 Å². The highest BCUT2D eigenvalue weighted by Crippen LogP contribution is 2.25. The first-order valence-corrected chi connectivity index (χ1v) is 11.5. The molecule has 0 radical (unpaired) electrons. The third kappa shape index (κ3) is 5.31. The summed E-state index contributed by atoms with van der Waals surface area (Å²) in [4.78, 5) is 21.9. The van der Waals surface area contributed by atoms with Gasteiger partial charge in [-0.15, -0.1) is 0 Å². The molecule has 1 aliphatic heterocycles. The first-order chi connectivity index (χ1) is 15.6. The van der Waals surface area contributed by atoms with Crippen LogP contribution in [-0.2, 0) is 6.42 Å². The van der Waals surface area contributed by atoms with Crippen LogP contribution in [0, 0.1) is 0 Å². The van der Waals surface area contributed by atoms with Gasteiger partial charge in [0.05, 0.1) is 14.2 Å². The topological polar surface area (TPSA) is 67.8 Å². The van der Waals surface area contributed by atoms with E-state index in [9.17, 15) is 4.79 Å². The molecule has 2 aromatic carbocycles. The van der Waals surface area contributed by atoms with Crippen molar-refractivity contribution in [1.82, 2.24) is 14.3 Å². The molecule has 1 saturated heterocycles. The fraction of sp³-hybridized carbons (Fsp3) is 0.348. The van der Waals surface area contributed by atoms with E-state index in [0.29, 0.717) is 43.1 Å². The Labute approximate surface area is 196 Å². The number of nitrogens with zero attached hydrogens (tertiary/aromatic N) is 4. The number of aromatic nitrogens is 2. The highest BCUT2D eigenvalue weighted by atomic mass is 35.5. The minimum atomic E-state index is -0.0234. The van der Waals surface area contributed by atoms with Crippen molar-refractivity contribution in [2.75, 3.05) is 45.3 Å². The number of carbonyl (C=O) groups excluding carboxylic acids is 1. The lowest BCUT2D eigenvalue weighted by Crippen LogP contribution is -2.35. The molecule has 1 aliphatic rings. The van der Waals surface area contributed by atoms with Gasteiger partial charge >= 0.3 is 0 Å². The smallest absolute Gasteiger partial charge is 0.254 e. The lowest BCUT2D eigenvalue weighted by Gasteiger charge is -2.22. The molecule has 0 aliphatic carbocycles. The largest absolute Gasteiger partial charge is 0.497 e. The molecular formula is C23H25ClN4O3S. The van der Waals surface area contributed by atoms with E-state index in [-0.39, 0.29) is 5.91 Å². The Balaban J connectivity index is 1.41. The molecule has 3 aromatic rings. The number of ether oxygens (including phenoxy) is 2. The fourth-order valence-corrected chi connectivity index (χ4v) is 4.52. The molecule has 0 atom stereocenters. The normalized spacial score (nSPS) is 14.2. The molecule has 0 bridgehead atoms. The summed E-state index contributed by atoms with van der Waals surface area (Å²) in [5.41, 5.74) is 1.69. The van der Waals surface area contributed by atoms with Crippen LogP contribution in [0.1, 0.15) is 28.2 Å². The Morgan fingerprint density at radius 3 is 2.44 bits per heavy atom. The van der Waals surface area contributed by atoms with E-state index in [1.165, 1.54) is 11.5 Å². The SMILES string of the molecule is COc1cc(OC)cc(C(=O)N2CCCN(c3nc(Cc4ccc(Cl)cc4)ns3)CC2)c1. The van der Waals surface area contributed by atoms with Crippen LogP contribution < -0.4 is 14.4 Å². The Hall–Kier alpha value is -2.84. The Kier molecular flexibility index (Phi) is 7.12. The van der Waals surface area contributed by atoms with E-state index in [1.807, 2.05) is 29.2 Å². The molecule has 0 unspecified atom stereocenters. The zero-order chi connectivity index (χ0) is 22.5. The third-order valence-electron chi connectivity index (χ3n) is 5.38. The summed E-state index contributed by atoms with van der Waals surface area (Å²) >= 11 is 7.37. The molecule has 0 saturated carbocycles. The standard InChI is InChI=1S/C23H25ClN4O3S/c1-30-19-13-17(14-20(15-19)31-2)22(29)27-8-3-9-28(11-10-27)23-25-21(26-32-23)12-16-4-6-18(24)7-5-16/h4-7,13-15H,3,8-12H2,1-2H3. The minimum absolute atomic E-state index is 0.0234. The number of halogens is 1. The summed E-state index contributed by atoms with van der Waals surface area (Å²) in [5.74, 6) is 1.98. The van der Waals surface area contributed by atoms with Crippen LogP contribution in [0.5, 0.6) is 11.5 Å². The highest BCUT2D eigenvalue weighted by molar-refractivity contribution is 7.09. The summed E-state index contributed by atoms with van der Waals surface area (Å²) in [7, 11) is 3.16. The van der Waals surface area contributed by atoms with Gasteiger partial charge < -0.3 is 19.3 Å². The predicted octanol–water partition coefficient (Wildman–Crippen LogP) is 4.15. The van der Waals surface area contributed by atoms with Gasteiger partial charge in [0, 0.05) is 60.8 Å². The molecule has 1 amide bonds. The average molecular weight is 473 g/mol. The number of hydrogen-bond acceptors (Lipinski definition) is 7. The molecule has 9 heteroatoms. The van der Waals surface area contributed by atoms with Gasteiger partial charge in [-0.3, -0.25) is 4.79 Å². The van der Waals surface area contributed by atoms with E-state index >= 15 is 0 Å². The zero-order valence-corrected chi connectivity index (χ0v) is 19.7. The van der Waals surface area contributed by atoms with Gasteiger partial charge in [-0.05, 0) is 36.2 Å². The second kappa shape index (κ2) is 10.2. The lowest BCUT2D eigenvalue weighted by molar-refractivity contribution is 0.0766. The van der Waals surface area contributed by atoms with Gasteiger partial charge in [0.2, 0.25) is 5.13 Å². The monoisotopic (exact) mass is 472 g/mol. The molecule has 168 valence electrons. The summed E-state index contributed by atoms with van der Waals surface area (Å²) in [6, 6.07) is 13.0. The summed E-state index contributed by atoms with van der Waals surface area (Å²) in [5, 5.41) is 1.61. The Morgan fingerprint density at radius 1 is 1.03 bits per heavy atom. The van der Waals surface area contributed by atoms with Gasteiger partial charge in [-0.1, -0.05) is 23.7 Å². The quantitative estimate of drug-likeness (QED) is 0.536. The van der Waals surface area contributed by atoms with Gasteiger partial charge in [0.1, 0.15) is 17.3 Å². The van der Waals surface area contributed by atoms with Crippen LogP contribution in [0.15, 0.2) is 42.5 Å². The summed E-state index contributed by atoms with van der Waals surface area (Å²) < 4.78 is 15.1. The van der Waals surface area contributed by atoms with Crippen molar-refractivity contribution in [1.29, 1.82) is 0 Å². The summed E-state index contributed by atoms with van der Waals surface area (Å²) in [6.07, 6.45) is 1.53. The molecule has 7 nitrogen and oxygen atoms in total. The lowest BCUT2D eigenvalue weighted by atomic mass is 10.1. The Morgan fingerprint density at radius 2 is 1.75 bits per heavy atom. The number of rotatable bonds is 6. The van der Waals surface area contributed by atoms with E-state index < -0.39 is 0 Å². The molecule has 0 N–H and O–H groups in total. The minimum Gasteiger partial charge on any atom is -0.497 e. The number of carbonyl (C=O) groups is 1. The van der Waals surface area contributed by atoms with Crippen molar-refractivity contribution < 1.29 is 14.3 Å². The van der Waals surface area contributed by atoms with Crippen LogP contribution in [-0.4, -0.2) is 60.6 Å². The molecule has 0 spiro atoms. The molecule has 2 heterocycles. The van der Waals surface area contributed by atoms with E-state index in [0.717, 1.165) is 34.5 Å². The highest BCUT2D eigenvalue weighted by Gasteiger charge is 2.23. The van der Waals surface area contributed by atoms with Crippen molar-refractivity contribution in [2.24, 2.45) is 0 Å². The van der Waals surface area contributed by atoms with Crippen LogP contribution in [0.3, 0.4) is 0 Å². The van der Waals surface area contributed by atoms with Crippen molar-refractivity contribution in [2.45, 2.75) is 12.8 Å². The fourth-order valence-electron chi connectivity index (χ4n) is 3.66. The summed E-state index contributed by atoms with van der Waals surface area (Å²) in [6.45, 7) is 2.85. The van der Waals surface area contributed by atoms with E-state index in [2.05, 4.69) is 9.27 Å². The molecule has 4 rings (SSSR count). The van der Waals surface area contributed by atoms with E-state index in [4.69, 9.17) is 26.1 Å². The molecule has 32 heavy (non-hydrogen) atoms. The van der Waals surface area contributed by atoms with Gasteiger partial charge in [-0.25, -0.2) is 4.98 Å². The molecule has 1 fully saturated rings. The predicted molar refractivity (Wildman–Crippen MR) is 126 cm³/mol. The third-order valence-corrected chi connectivity index (χ3v) is 6.45. The second-order valence-corrected chi connectivity index (χ2v) is 8.70. The van der Waals surface area contributed by atoms with Crippen LogP contribution in [0.2, 0.25) is 5.02 Å². The number of hydrogen-bond donors (Lipinski definition) is 0. The first kappa shape index (κ1) is 22.4. The van der Waals surface area contributed by atoms with Crippen molar-refractivity contribution in [3.8, 4) is 11.5 Å².